The summed E-state index contributed by atoms with van der Waals surface area (Å²) in [6, 6.07) is 16.5. The van der Waals surface area contributed by atoms with E-state index >= 15 is 0 Å². The number of hydrogen-bond acceptors (Lipinski definition) is 3. The van der Waals surface area contributed by atoms with Gasteiger partial charge in [-0.05, 0) is 29.8 Å². The molecular weight excluding hydrogens is 371 g/mol. The summed E-state index contributed by atoms with van der Waals surface area (Å²) in [5, 5.41) is 11.5. The van der Waals surface area contributed by atoms with Crippen LogP contribution in [0.25, 0.3) is 17.3 Å². The molecule has 5 nitrogen and oxygen atoms in total. The molecule has 130 valence electrons. The van der Waals surface area contributed by atoms with Gasteiger partial charge in [-0.25, -0.2) is 5.43 Å². The van der Waals surface area contributed by atoms with Crippen molar-refractivity contribution in [2.75, 3.05) is 0 Å². The minimum absolute atomic E-state index is 0.287. The fraction of sp³-hybridized carbons (Fsp3) is 0. The zero-order valence-corrected chi connectivity index (χ0v) is 15.0. The zero-order valence-electron chi connectivity index (χ0n) is 13.5. The number of carbonyl (C=O) groups excluding carboxylic acids is 1. The Bertz CT molecular complexity index is 965. The highest BCUT2D eigenvalue weighted by atomic mass is 35.5. The highest BCUT2D eigenvalue weighted by Crippen LogP contribution is 2.27. The predicted molar refractivity (Wildman–Crippen MR) is 105 cm³/mol. The molecule has 1 aromatic heterocycles. The van der Waals surface area contributed by atoms with Crippen LogP contribution in [-0.2, 0) is 0 Å². The van der Waals surface area contributed by atoms with E-state index in [9.17, 15) is 4.79 Å². The molecule has 0 unspecified atom stereocenters. The van der Waals surface area contributed by atoms with Crippen molar-refractivity contribution in [2.24, 2.45) is 5.10 Å². The number of rotatable bonds is 5. The summed E-state index contributed by atoms with van der Waals surface area (Å²) in [6.07, 6.45) is 5.12. The number of carbonyl (C=O) groups is 1. The van der Waals surface area contributed by atoms with E-state index in [1.807, 2.05) is 36.4 Å². The fourth-order valence-corrected chi connectivity index (χ4v) is 2.46. The average Bonchev–Trinajstić information content (AvgIpc) is 3.15. The molecule has 7 heteroatoms. The molecular formula is C19H14Cl2N4O. The van der Waals surface area contributed by atoms with Crippen molar-refractivity contribution in [3.05, 3.63) is 82.0 Å². The fourth-order valence-electron chi connectivity index (χ4n) is 2.16. The number of allylic oxidation sites excluding steroid dienone is 1. The molecule has 3 aromatic rings. The van der Waals surface area contributed by atoms with Crippen LogP contribution in [0.3, 0.4) is 0 Å². The Hall–Kier alpha value is -2.89. The number of amides is 1. The third-order valence-electron chi connectivity index (χ3n) is 3.45. The van der Waals surface area contributed by atoms with Crippen LogP contribution in [0.4, 0.5) is 0 Å². The molecule has 0 spiro atoms. The molecule has 0 fully saturated rings. The van der Waals surface area contributed by atoms with Crippen molar-refractivity contribution in [1.82, 2.24) is 15.6 Å². The van der Waals surface area contributed by atoms with Crippen molar-refractivity contribution >= 4 is 41.4 Å². The second kappa shape index (κ2) is 8.47. The molecule has 26 heavy (non-hydrogen) atoms. The van der Waals surface area contributed by atoms with Gasteiger partial charge in [0.1, 0.15) is 5.69 Å². The number of hydrazone groups is 1. The van der Waals surface area contributed by atoms with Gasteiger partial charge < -0.3 is 0 Å². The summed E-state index contributed by atoms with van der Waals surface area (Å²) in [6.45, 7) is 0. The van der Waals surface area contributed by atoms with Gasteiger partial charge in [-0.3, -0.25) is 9.89 Å². The maximum atomic E-state index is 12.1. The summed E-state index contributed by atoms with van der Waals surface area (Å²) in [4.78, 5) is 12.1. The average molecular weight is 385 g/mol. The van der Waals surface area contributed by atoms with Gasteiger partial charge in [0.2, 0.25) is 0 Å². The molecule has 0 bridgehead atoms. The molecule has 0 saturated carbocycles. The maximum absolute atomic E-state index is 12.1. The van der Waals surface area contributed by atoms with Crippen LogP contribution >= 0.6 is 23.2 Å². The van der Waals surface area contributed by atoms with Gasteiger partial charge >= 0.3 is 0 Å². The number of benzene rings is 2. The van der Waals surface area contributed by atoms with Crippen molar-refractivity contribution in [3.63, 3.8) is 0 Å². The Morgan fingerprint density at radius 2 is 1.88 bits per heavy atom. The zero-order chi connectivity index (χ0) is 18.4. The van der Waals surface area contributed by atoms with Crippen LogP contribution < -0.4 is 5.43 Å². The first-order valence-electron chi connectivity index (χ1n) is 7.69. The Morgan fingerprint density at radius 3 is 2.65 bits per heavy atom. The number of nitrogens with one attached hydrogen (secondary N) is 2. The van der Waals surface area contributed by atoms with Gasteiger partial charge in [-0.15, -0.1) is 0 Å². The number of hydrogen-bond donors (Lipinski definition) is 2. The van der Waals surface area contributed by atoms with Gasteiger partial charge in [-0.1, -0.05) is 65.7 Å². The molecule has 2 aromatic carbocycles. The number of H-pyrrole nitrogens is 1. The summed E-state index contributed by atoms with van der Waals surface area (Å²) in [7, 11) is 0. The van der Waals surface area contributed by atoms with Gasteiger partial charge in [-0.2, -0.15) is 10.2 Å². The highest BCUT2D eigenvalue weighted by Gasteiger charge is 2.11. The molecule has 1 heterocycles. The van der Waals surface area contributed by atoms with E-state index in [0.29, 0.717) is 15.7 Å². The van der Waals surface area contributed by atoms with Gasteiger partial charge in [0, 0.05) is 11.8 Å². The van der Waals surface area contributed by atoms with Gasteiger partial charge in [0.15, 0.2) is 0 Å². The normalized spacial score (nSPS) is 11.3. The van der Waals surface area contributed by atoms with E-state index < -0.39 is 5.91 Å². The van der Waals surface area contributed by atoms with Crippen LogP contribution in [0.2, 0.25) is 10.0 Å². The van der Waals surface area contributed by atoms with E-state index in [-0.39, 0.29) is 5.69 Å². The first-order chi connectivity index (χ1) is 12.6. The van der Waals surface area contributed by atoms with Gasteiger partial charge in [0.25, 0.3) is 5.91 Å². The Morgan fingerprint density at radius 1 is 1.08 bits per heavy atom. The molecule has 0 aliphatic carbocycles. The SMILES string of the molecule is O=C(NN=CC=Cc1ccccc1)c1cc(-c2ccc(Cl)c(Cl)c2)n[nH]1. The minimum Gasteiger partial charge on any atom is -0.272 e. The molecule has 0 saturated heterocycles. The van der Waals surface area contributed by atoms with Crippen LogP contribution in [0, 0.1) is 0 Å². The van der Waals surface area contributed by atoms with E-state index in [1.54, 1.807) is 30.3 Å². The van der Waals surface area contributed by atoms with Crippen molar-refractivity contribution in [3.8, 4) is 11.3 Å². The summed E-state index contributed by atoms with van der Waals surface area (Å²) in [5.41, 5.74) is 5.10. The molecule has 0 atom stereocenters. The summed E-state index contributed by atoms with van der Waals surface area (Å²) in [5.74, 6) is -0.395. The molecule has 0 aliphatic heterocycles. The van der Waals surface area contributed by atoms with Crippen molar-refractivity contribution < 1.29 is 4.79 Å². The lowest BCUT2D eigenvalue weighted by Crippen LogP contribution is -2.17. The third-order valence-corrected chi connectivity index (χ3v) is 4.19. The van der Waals surface area contributed by atoms with Crippen LogP contribution in [0.1, 0.15) is 16.1 Å². The van der Waals surface area contributed by atoms with Crippen molar-refractivity contribution in [1.29, 1.82) is 0 Å². The van der Waals surface area contributed by atoms with Crippen LogP contribution in [-0.4, -0.2) is 22.3 Å². The van der Waals surface area contributed by atoms with Crippen molar-refractivity contribution in [2.45, 2.75) is 0 Å². The molecule has 0 radical (unpaired) electrons. The number of halogens is 2. The second-order valence-electron chi connectivity index (χ2n) is 5.28. The first-order valence-corrected chi connectivity index (χ1v) is 8.45. The highest BCUT2D eigenvalue weighted by molar-refractivity contribution is 6.42. The van der Waals surface area contributed by atoms with E-state index in [1.165, 1.54) is 6.21 Å². The Kier molecular flexibility index (Phi) is 5.84. The van der Waals surface area contributed by atoms with E-state index in [2.05, 4.69) is 20.7 Å². The Labute approximate surface area is 160 Å². The topological polar surface area (TPSA) is 70.1 Å². The van der Waals surface area contributed by atoms with Gasteiger partial charge in [0.05, 0.1) is 15.7 Å². The summed E-state index contributed by atoms with van der Waals surface area (Å²) >= 11 is 11.9. The quantitative estimate of drug-likeness (QED) is 0.489. The predicted octanol–water partition coefficient (Wildman–Crippen LogP) is 4.81. The largest absolute Gasteiger partial charge is 0.289 e. The van der Waals surface area contributed by atoms with E-state index in [4.69, 9.17) is 23.2 Å². The number of aromatic nitrogens is 2. The third kappa shape index (κ3) is 4.59. The summed E-state index contributed by atoms with van der Waals surface area (Å²) < 4.78 is 0. The van der Waals surface area contributed by atoms with Crippen LogP contribution in [0.5, 0.6) is 0 Å². The lowest BCUT2D eigenvalue weighted by Gasteiger charge is -1.98. The smallest absolute Gasteiger partial charge is 0.272 e. The molecule has 2 N–H and O–H groups in total. The lowest BCUT2D eigenvalue weighted by molar-refractivity contribution is 0.0950. The molecule has 3 rings (SSSR count). The minimum atomic E-state index is -0.395. The monoisotopic (exact) mass is 384 g/mol. The second-order valence-corrected chi connectivity index (χ2v) is 6.10. The maximum Gasteiger partial charge on any atom is 0.289 e. The standard InChI is InChI=1S/C19H14Cl2N4O/c20-15-9-8-14(11-16(15)21)17-12-18(24-23-17)19(26)25-22-10-4-7-13-5-2-1-3-6-13/h1-12H,(H,23,24)(H,25,26). The molecule has 0 aliphatic rings. The number of aromatic amines is 1. The molecule has 1 amide bonds. The van der Waals surface area contributed by atoms with E-state index in [0.717, 1.165) is 11.1 Å². The Balaban J connectivity index is 1.60. The first kappa shape index (κ1) is 17.9. The number of nitrogens with zero attached hydrogens (tertiary/aromatic N) is 2. The van der Waals surface area contributed by atoms with Crippen LogP contribution in [0.15, 0.2) is 65.8 Å². The lowest BCUT2D eigenvalue weighted by atomic mass is 10.1.